The highest BCUT2D eigenvalue weighted by molar-refractivity contribution is 5.90. The summed E-state index contributed by atoms with van der Waals surface area (Å²) in [7, 11) is 0. The van der Waals surface area contributed by atoms with Crippen molar-refractivity contribution in [2.24, 2.45) is 0 Å². The van der Waals surface area contributed by atoms with Gasteiger partial charge in [0.1, 0.15) is 0 Å². The Morgan fingerprint density at radius 2 is 1.93 bits per heavy atom. The first-order chi connectivity index (χ1) is 13.8. The number of aliphatic hydroxyl groups excluding tert-OH is 1. The highest BCUT2D eigenvalue weighted by Gasteiger charge is 2.44. The van der Waals surface area contributed by atoms with Crippen LogP contribution in [-0.4, -0.2) is 55.3 Å². The molecule has 0 spiro atoms. The number of urea groups is 1. The van der Waals surface area contributed by atoms with Crippen molar-refractivity contribution in [2.75, 3.05) is 11.9 Å². The van der Waals surface area contributed by atoms with Crippen molar-refractivity contribution < 1.29 is 27.9 Å². The van der Waals surface area contributed by atoms with Gasteiger partial charge in [0, 0.05) is 30.6 Å². The third-order valence-corrected chi connectivity index (χ3v) is 5.09. The van der Waals surface area contributed by atoms with Crippen LogP contribution in [0.25, 0.3) is 0 Å². The standard InChI is InChI=1S/C18H18F3N5O3/c1-9-7-25-14(2-3-22-25)17(24-8-11(27)6-15(24)28)26(9)18(29)23-10-4-12(19)16(21)13(20)5-10/h2-5,9,11,17,27H,6-8H2,1H3,(H,23,29)/t9?,11-,17?/m0/s1. The highest BCUT2D eigenvalue weighted by Crippen LogP contribution is 2.35. The number of anilines is 1. The van der Waals surface area contributed by atoms with E-state index in [2.05, 4.69) is 10.4 Å². The predicted molar refractivity (Wildman–Crippen MR) is 93.9 cm³/mol. The lowest BCUT2D eigenvalue weighted by atomic mass is 10.1. The molecule has 2 unspecified atom stereocenters. The summed E-state index contributed by atoms with van der Waals surface area (Å²) in [6.07, 6.45) is -0.247. The normalized spacial score (nSPS) is 24.0. The number of benzene rings is 1. The van der Waals surface area contributed by atoms with Crippen LogP contribution < -0.4 is 5.32 Å². The summed E-state index contributed by atoms with van der Waals surface area (Å²) in [4.78, 5) is 28.2. The fourth-order valence-corrected chi connectivity index (χ4v) is 3.82. The molecule has 1 aromatic carbocycles. The first-order valence-corrected chi connectivity index (χ1v) is 8.99. The molecule has 1 saturated heterocycles. The van der Waals surface area contributed by atoms with Crippen LogP contribution in [0.3, 0.4) is 0 Å². The molecule has 2 N–H and O–H groups in total. The monoisotopic (exact) mass is 409 g/mol. The molecule has 4 rings (SSSR count). The Morgan fingerprint density at radius 1 is 1.24 bits per heavy atom. The first-order valence-electron chi connectivity index (χ1n) is 8.99. The summed E-state index contributed by atoms with van der Waals surface area (Å²) in [6.45, 7) is 2.11. The quantitative estimate of drug-likeness (QED) is 0.741. The Hall–Kier alpha value is -3.08. The molecule has 3 amide bonds. The number of amides is 3. The van der Waals surface area contributed by atoms with Gasteiger partial charge in [0.25, 0.3) is 0 Å². The molecule has 3 heterocycles. The fraction of sp³-hybridized carbons (Fsp3) is 0.389. The van der Waals surface area contributed by atoms with Crippen LogP contribution in [0.4, 0.5) is 23.7 Å². The van der Waals surface area contributed by atoms with Gasteiger partial charge in [-0.25, -0.2) is 18.0 Å². The molecule has 154 valence electrons. The lowest BCUT2D eigenvalue weighted by Crippen LogP contribution is -2.55. The molecule has 11 heteroatoms. The number of likely N-dealkylation sites (tertiary alicyclic amines) is 1. The average molecular weight is 409 g/mol. The Bertz CT molecular complexity index is 958. The second kappa shape index (κ2) is 7.07. The van der Waals surface area contributed by atoms with E-state index in [4.69, 9.17) is 0 Å². The molecule has 2 aromatic rings. The third-order valence-electron chi connectivity index (χ3n) is 5.09. The molecule has 0 aliphatic carbocycles. The van der Waals surface area contributed by atoms with Gasteiger partial charge in [-0.2, -0.15) is 5.10 Å². The number of carbonyl (C=O) groups is 2. The van der Waals surface area contributed by atoms with Crippen LogP contribution in [0.1, 0.15) is 25.2 Å². The number of rotatable bonds is 2. The minimum absolute atomic E-state index is 0.0327. The number of β-amino-alcohol motifs (C(OH)–C–C–N with tert-alkyl or cyclic N) is 1. The van der Waals surface area contributed by atoms with Crippen molar-refractivity contribution in [3.8, 4) is 0 Å². The van der Waals surface area contributed by atoms with Gasteiger partial charge in [0.05, 0.1) is 30.8 Å². The SMILES string of the molecule is CC1Cn2nccc2C(N2C[C@@H](O)CC2=O)N1C(=O)Nc1cc(F)c(F)c(F)c1. The van der Waals surface area contributed by atoms with Crippen molar-refractivity contribution in [3.05, 3.63) is 47.5 Å². The Labute approximate surface area is 163 Å². The van der Waals surface area contributed by atoms with E-state index in [-0.39, 0.29) is 24.6 Å². The number of nitrogens with zero attached hydrogens (tertiary/aromatic N) is 4. The Morgan fingerprint density at radius 3 is 2.55 bits per heavy atom. The lowest BCUT2D eigenvalue weighted by molar-refractivity contribution is -0.134. The van der Waals surface area contributed by atoms with E-state index in [1.807, 2.05) is 0 Å². The fourth-order valence-electron chi connectivity index (χ4n) is 3.82. The highest BCUT2D eigenvalue weighted by atomic mass is 19.2. The van der Waals surface area contributed by atoms with Crippen molar-refractivity contribution >= 4 is 17.6 Å². The predicted octanol–water partition coefficient (Wildman–Crippen LogP) is 1.83. The van der Waals surface area contributed by atoms with E-state index >= 15 is 0 Å². The number of fused-ring (bicyclic) bond motifs is 1. The van der Waals surface area contributed by atoms with E-state index in [1.165, 1.54) is 16.0 Å². The van der Waals surface area contributed by atoms with E-state index in [0.29, 0.717) is 24.4 Å². The number of nitrogens with one attached hydrogen (secondary N) is 1. The molecule has 0 saturated carbocycles. The molecule has 2 aliphatic rings. The molecule has 0 bridgehead atoms. The number of hydrogen-bond acceptors (Lipinski definition) is 4. The maximum atomic E-state index is 13.5. The van der Waals surface area contributed by atoms with Crippen molar-refractivity contribution in [1.29, 1.82) is 0 Å². The van der Waals surface area contributed by atoms with Gasteiger partial charge >= 0.3 is 6.03 Å². The molecule has 8 nitrogen and oxygen atoms in total. The topological polar surface area (TPSA) is 90.7 Å². The summed E-state index contributed by atoms with van der Waals surface area (Å²) in [5, 5.41) is 16.5. The summed E-state index contributed by atoms with van der Waals surface area (Å²) in [6, 6.07) is 1.85. The van der Waals surface area contributed by atoms with Crippen LogP contribution in [0.5, 0.6) is 0 Å². The van der Waals surface area contributed by atoms with Gasteiger partial charge in [-0.15, -0.1) is 0 Å². The number of carbonyl (C=O) groups excluding carboxylic acids is 2. The van der Waals surface area contributed by atoms with E-state index in [1.54, 1.807) is 17.7 Å². The van der Waals surface area contributed by atoms with E-state index in [0.717, 1.165) is 0 Å². The van der Waals surface area contributed by atoms with Gasteiger partial charge in [-0.3, -0.25) is 14.4 Å². The minimum atomic E-state index is -1.63. The summed E-state index contributed by atoms with van der Waals surface area (Å²) in [5.74, 6) is -4.83. The summed E-state index contributed by atoms with van der Waals surface area (Å²) < 4.78 is 41.9. The van der Waals surface area contributed by atoms with E-state index in [9.17, 15) is 27.9 Å². The van der Waals surface area contributed by atoms with Gasteiger partial charge in [0.15, 0.2) is 23.6 Å². The first kappa shape index (κ1) is 19.2. The van der Waals surface area contributed by atoms with Gasteiger partial charge < -0.3 is 15.3 Å². The second-order valence-corrected chi connectivity index (χ2v) is 7.16. The maximum Gasteiger partial charge on any atom is 0.324 e. The molecular formula is C18H18F3N5O3. The van der Waals surface area contributed by atoms with Gasteiger partial charge in [-0.05, 0) is 13.0 Å². The summed E-state index contributed by atoms with van der Waals surface area (Å²) in [5.41, 5.74) is 0.307. The zero-order valence-electron chi connectivity index (χ0n) is 15.3. The van der Waals surface area contributed by atoms with Crippen LogP contribution in [0.15, 0.2) is 24.4 Å². The smallest absolute Gasteiger partial charge is 0.324 e. The van der Waals surface area contributed by atoms with Crippen molar-refractivity contribution in [2.45, 2.75) is 38.2 Å². The number of halogens is 3. The molecular weight excluding hydrogens is 391 g/mol. The van der Waals surface area contributed by atoms with Crippen LogP contribution in [-0.2, 0) is 11.3 Å². The zero-order valence-corrected chi connectivity index (χ0v) is 15.3. The molecule has 2 aliphatic heterocycles. The van der Waals surface area contributed by atoms with Gasteiger partial charge in [-0.1, -0.05) is 0 Å². The molecule has 1 fully saturated rings. The zero-order chi connectivity index (χ0) is 20.9. The van der Waals surface area contributed by atoms with Gasteiger partial charge in [0.2, 0.25) is 5.91 Å². The molecule has 0 radical (unpaired) electrons. The maximum absolute atomic E-state index is 13.5. The largest absolute Gasteiger partial charge is 0.391 e. The van der Waals surface area contributed by atoms with Crippen molar-refractivity contribution in [3.63, 3.8) is 0 Å². The number of aliphatic hydroxyl groups is 1. The third kappa shape index (κ3) is 3.31. The van der Waals surface area contributed by atoms with Crippen LogP contribution in [0.2, 0.25) is 0 Å². The lowest BCUT2D eigenvalue weighted by Gasteiger charge is -2.44. The second-order valence-electron chi connectivity index (χ2n) is 7.16. The van der Waals surface area contributed by atoms with E-state index < -0.39 is 41.8 Å². The minimum Gasteiger partial charge on any atom is -0.391 e. The van der Waals surface area contributed by atoms with Crippen LogP contribution in [0, 0.1) is 17.5 Å². The Balaban J connectivity index is 1.68. The number of hydrogen-bond donors (Lipinski definition) is 2. The summed E-state index contributed by atoms with van der Waals surface area (Å²) >= 11 is 0. The molecule has 1 aromatic heterocycles. The van der Waals surface area contributed by atoms with Crippen LogP contribution >= 0.6 is 0 Å². The van der Waals surface area contributed by atoms with Crippen molar-refractivity contribution in [1.82, 2.24) is 19.6 Å². The average Bonchev–Trinajstić information content (AvgIpc) is 3.23. The molecule has 3 atom stereocenters. The Kier molecular flexibility index (Phi) is 4.69. The molecule has 29 heavy (non-hydrogen) atoms. The number of aromatic nitrogens is 2.